The molecule has 90 valence electrons. The van der Waals surface area contributed by atoms with Crippen LogP contribution in [0.3, 0.4) is 0 Å². The van der Waals surface area contributed by atoms with Crippen LogP contribution >= 0.6 is 12.2 Å². The van der Waals surface area contributed by atoms with Crippen LogP contribution in [0.2, 0.25) is 0 Å². The number of benzene rings is 1. The van der Waals surface area contributed by atoms with E-state index >= 15 is 0 Å². The minimum atomic E-state index is 0.322. The standard InChI is InChI=1S/C14H17NOS/c17-14-15-13(10-6-2-1-3-7-10)11-8-4-5-9-12(11)16-14/h1-3,6-7,11-13H,4-5,8-9H2,(H,15,17)/t11-,12+,13-/m1/s1. The Morgan fingerprint density at radius 3 is 2.71 bits per heavy atom. The van der Waals surface area contributed by atoms with Crippen LogP contribution in [-0.4, -0.2) is 11.3 Å². The van der Waals surface area contributed by atoms with E-state index in [1.165, 1.54) is 24.8 Å². The molecule has 1 heterocycles. The van der Waals surface area contributed by atoms with E-state index in [0.29, 0.717) is 23.2 Å². The number of nitrogens with one attached hydrogen (secondary N) is 1. The third-order valence-electron chi connectivity index (χ3n) is 3.87. The summed E-state index contributed by atoms with van der Waals surface area (Å²) in [5, 5.41) is 3.91. The van der Waals surface area contributed by atoms with E-state index in [4.69, 9.17) is 17.0 Å². The molecule has 2 fully saturated rings. The molecule has 1 saturated carbocycles. The first-order valence-electron chi connectivity index (χ1n) is 6.37. The van der Waals surface area contributed by atoms with E-state index in [9.17, 15) is 0 Å². The van der Waals surface area contributed by atoms with Crippen molar-refractivity contribution in [1.29, 1.82) is 0 Å². The van der Waals surface area contributed by atoms with Gasteiger partial charge in [-0.15, -0.1) is 0 Å². The predicted octanol–water partition coefficient (Wildman–Crippen LogP) is 3.19. The van der Waals surface area contributed by atoms with Gasteiger partial charge in [0.25, 0.3) is 5.17 Å². The maximum Gasteiger partial charge on any atom is 0.257 e. The molecule has 0 unspecified atom stereocenters. The molecule has 17 heavy (non-hydrogen) atoms. The van der Waals surface area contributed by atoms with Crippen LogP contribution in [0.4, 0.5) is 0 Å². The van der Waals surface area contributed by atoms with Crippen LogP contribution in [0.5, 0.6) is 0 Å². The highest BCUT2D eigenvalue weighted by atomic mass is 32.1. The SMILES string of the molecule is S=C1N[C@H](c2ccccc2)[C@@H]2CCCC[C@@H]2O1. The van der Waals surface area contributed by atoms with Crippen molar-refractivity contribution in [2.75, 3.05) is 0 Å². The number of fused-ring (bicyclic) bond motifs is 1. The molecule has 1 aliphatic heterocycles. The summed E-state index contributed by atoms with van der Waals surface area (Å²) in [5.74, 6) is 0.567. The van der Waals surface area contributed by atoms with E-state index in [1.807, 2.05) is 0 Å². The minimum Gasteiger partial charge on any atom is -0.467 e. The van der Waals surface area contributed by atoms with Gasteiger partial charge in [0.15, 0.2) is 0 Å². The number of thiocarbonyl (C=S) groups is 1. The van der Waals surface area contributed by atoms with Crippen LogP contribution in [-0.2, 0) is 4.74 Å². The van der Waals surface area contributed by atoms with Crippen molar-refractivity contribution in [2.45, 2.75) is 37.8 Å². The van der Waals surface area contributed by atoms with Gasteiger partial charge in [0.1, 0.15) is 6.10 Å². The fraction of sp³-hybridized carbons (Fsp3) is 0.500. The zero-order valence-corrected chi connectivity index (χ0v) is 10.6. The van der Waals surface area contributed by atoms with Gasteiger partial charge in [-0.2, -0.15) is 0 Å². The Labute approximate surface area is 107 Å². The molecule has 1 N–H and O–H groups in total. The van der Waals surface area contributed by atoms with Gasteiger partial charge in [0.2, 0.25) is 0 Å². The zero-order chi connectivity index (χ0) is 11.7. The molecule has 1 aliphatic carbocycles. The molecular formula is C14H17NOS. The molecular weight excluding hydrogens is 230 g/mol. The molecule has 0 radical (unpaired) electrons. The topological polar surface area (TPSA) is 21.3 Å². The van der Waals surface area contributed by atoms with Gasteiger partial charge >= 0.3 is 0 Å². The Bertz CT molecular complexity index is 406. The quantitative estimate of drug-likeness (QED) is 0.770. The lowest BCUT2D eigenvalue weighted by Crippen LogP contribution is -2.48. The summed E-state index contributed by atoms with van der Waals surface area (Å²) in [7, 11) is 0. The largest absolute Gasteiger partial charge is 0.467 e. The molecule has 1 aromatic carbocycles. The molecule has 0 spiro atoms. The highest BCUT2D eigenvalue weighted by molar-refractivity contribution is 7.80. The fourth-order valence-electron chi connectivity index (χ4n) is 3.05. The van der Waals surface area contributed by atoms with Gasteiger partial charge in [-0.25, -0.2) is 0 Å². The summed E-state index contributed by atoms with van der Waals surface area (Å²) in [4.78, 5) is 0. The van der Waals surface area contributed by atoms with E-state index in [2.05, 4.69) is 35.6 Å². The first-order valence-corrected chi connectivity index (χ1v) is 6.77. The van der Waals surface area contributed by atoms with Gasteiger partial charge in [0.05, 0.1) is 6.04 Å². The van der Waals surface area contributed by atoms with Crippen LogP contribution in [0.1, 0.15) is 37.3 Å². The molecule has 1 saturated heterocycles. The third-order valence-corrected chi connectivity index (χ3v) is 4.09. The first kappa shape index (κ1) is 11.0. The van der Waals surface area contributed by atoms with Gasteiger partial charge in [-0.1, -0.05) is 36.8 Å². The lowest BCUT2D eigenvalue weighted by molar-refractivity contribution is 0.0334. The van der Waals surface area contributed by atoms with Gasteiger partial charge < -0.3 is 10.1 Å². The Hall–Kier alpha value is -1.09. The second kappa shape index (κ2) is 4.65. The molecule has 0 bridgehead atoms. The van der Waals surface area contributed by atoms with Crippen molar-refractivity contribution in [3.05, 3.63) is 35.9 Å². The molecule has 3 rings (SSSR count). The summed E-state index contributed by atoms with van der Waals surface area (Å²) in [6.07, 6.45) is 5.28. The Kier molecular flexibility index (Phi) is 3.02. The summed E-state index contributed by atoms with van der Waals surface area (Å²) in [5.41, 5.74) is 1.33. The Morgan fingerprint density at radius 1 is 1.12 bits per heavy atom. The molecule has 0 amide bonds. The smallest absolute Gasteiger partial charge is 0.257 e. The average molecular weight is 247 g/mol. The Balaban J connectivity index is 1.88. The monoisotopic (exact) mass is 247 g/mol. The van der Waals surface area contributed by atoms with Crippen LogP contribution in [0.25, 0.3) is 0 Å². The summed E-state index contributed by atoms with van der Waals surface area (Å²) in [6, 6.07) is 10.9. The maximum atomic E-state index is 5.76. The van der Waals surface area contributed by atoms with Crippen molar-refractivity contribution < 1.29 is 4.74 Å². The van der Waals surface area contributed by atoms with Gasteiger partial charge in [-0.3, -0.25) is 0 Å². The van der Waals surface area contributed by atoms with Gasteiger partial charge in [-0.05, 0) is 37.0 Å². The third kappa shape index (κ3) is 2.16. The Morgan fingerprint density at radius 2 is 1.88 bits per heavy atom. The normalized spacial score (nSPS) is 32.2. The van der Waals surface area contributed by atoms with Gasteiger partial charge in [0, 0.05) is 5.92 Å². The summed E-state index contributed by atoms with van der Waals surface area (Å²) >= 11 is 5.22. The fourth-order valence-corrected chi connectivity index (χ4v) is 3.30. The number of hydrogen-bond donors (Lipinski definition) is 1. The highest BCUT2D eigenvalue weighted by Gasteiger charge is 2.38. The van der Waals surface area contributed by atoms with E-state index in [1.54, 1.807) is 0 Å². The van der Waals surface area contributed by atoms with E-state index < -0.39 is 0 Å². The molecule has 2 aliphatic rings. The summed E-state index contributed by atoms with van der Waals surface area (Å²) < 4.78 is 5.76. The van der Waals surface area contributed by atoms with Crippen LogP contribution in [0, 0.1) is 5.92 Å². The lowest BCUT2D eigenvalue weighted by Gasteiger charge is -2.42. The van der Waals surface area contributed by atoms with Crippen molar-refractivity contribution in [3.63, 3.8) is 0 Å². The second-order valence-electron chi connectivity index (χ2n) is 4.92. The lowest BCUT2D eigenvalue weighted by atomic mass is 9.78. The van der Waals surface area contributed by atoms with Crippen molar-refractivity contribution in [1.82, 2.24) is 5.32 Å². The highest BCUT2D eigenvalue weighted by Crippen LogP contribution is 2.38. The number of rotatable bonds is 1. The molecule has 1 aromatic rings. The van der Waals surface area contributed by atoms with Crippen molar-refractivity contribution in [3.8, 4) is 0 Å². The molecule has 2 nitrogen and oxygen atoms in total. The zero-order valence-electron chi connectivity index (χ0n) is 9.76. The second-order valence-corrected chi connectivity index (χ2v) is 5.30. The summed E-state index contributed by atoms with van der Waals surface area (Å²) in [6.45, 7) is 0. The predicted molar refractivity (Wildman–Crippen MR) is 71.7 cm³/mol. The maximum absolute atomic E-state index is 5.76. The van der Waals surface area contributed by atoms with Crippen molar-refractivity contribution >= 4 is 17.4 Å². The van der Waals surface area contributed by atoms with E-state index in [-0.39, 0.29) is 0 Å². The first-order chi connectivity index (χ1) is 8.34. The van der Waals surface area contributed by atoms with Crippen molar-refractivity contribution in [2.24, 2.45) is 5.92 Å². The van der Waals surface area contributed by atoms with Crippen LogP contribution < -0.4 is 5.32 Å². The molecule has 0 aromatic heterocycles. The molecule has 3 atom stereocenters. The van der Waals surface area contributed by atoms with E-state index in [0.717, 1.165) is 6.42 Å². The molecule has 3 heteroatoms. The van der Waals surface area contributed by atoms with Crippen LogP contribution in [0.15, 0.2) is 30.3 Å². The average Bonchev–Trinajstić information content (AvgIpc) is 2.39. The number of hydrogen-bond acceptors (Lipinski definition) is 2. The number of ether oxygens (including phenoxy) is 1. The minimum absolute atomic E-state index is 0.322.